The molecule has 1 N–H and O–H groups in total. The molecule has 0 radical (unpaired) electrons. The molecule has 1 atom stereocenters. The molecule has 0 aliphatic carbocycles. The number of hydrogen-bond donors (Lipinski definition) is 1. The maximum absolute atomic E-state index is 6.11. The van der Waals surface area contributed by atoms with Crippen LogP contribution in [-0.2, 0) is 11.2 Å². The Morgan fingerprint density at radius 3 is 2.89 bits per heavy atom. The molecular formula is C23H36N2O2. The normalized spacial score (nSPS) is 15.4. The van der Waals surface area contributed by atoms with Crippen LogP contribution in [0.5, 0.6) is 5.75 Å². The maximum atomic E-state index is 6.11. The van der Waals surface area contributed by atoms with Gasteiger partial charge in [0.2, 0.25) is 0 Å². The third-order valence-corrected chi connectivity index (χ3v) is 5.16. The minimum atomic E-state index is 0.320. The summed E-state index contributed by atoms with van der Waals surface area (Å²) in [5.74, 6) is 1.34. The Labute approximate surface area is 165 Å². The summed E-state index contributed by atoms with van der Waals surface area (Å²) >= 11 is 0. The molecule has 0 saturated carbocycles. The number of nitrogens with zero attached hydrogens (tertiary/aromatic N) is 1. The van der Waals surface area contributed by atoms with Crippen molar-refractivity contribution in [1.29, 1.82) is 0 Å². The molecular weight excluding hydrogens is 336 g/mol. The Morgan fingerprint density at radius 2 is 2.19 bits per heavy atom. The van der Waals surface area contributed by atoms with Gasteiger partial charge in [0.15, 0.2) is 0 Å². The van der Waals surface area contributed by atoms with Gasteiger partial charge in [0.1, 0.15) is 12.4 Å². The highest BCUT2D eigenvalue weighted by Gasteiger charge is 2.26. The van der Waals surface area contributed by atoms with Crippen molar-refractivity contribution in [3.63, 3.8) is 0 Å². The summed E-state index contributed by atoms with van der Waals surface area (Å²) in [6.45, 7) is 14.0. The summed E-state index contributed by atoms with van der Waals surface area (Å²) in [6, 6.07) is 2.26. The molecule has 0 bridgehead atoms. The van der Waals surface area contributed by atoms with E-state index in [0.717, 1.165) is 51.6 Å². The number of benzene rings is 1. The highest BCUT2D eigenvalue weighted by atomic mass is 16.5. The highest BCUT2D eigenvalue weighted by molar-refractivity contribution is 5.70. The fraction of sp³-hybridized carbons (Fsp3) is 0.565. The van der Waals surface area contributed by atoms with Crippen LogP contribution in [0.25, 0.3) is 0 Å². The second kappa shape index (κ2) is 11.2. The second-order valence-electron chi connectivity index (χ2n) is 7.05. The predicted octanol–water partition coefficient (Wildman–Crippen LogP) is 4.23. The van der Waals surface area contributed by atoms with Crippen molar-refractivity contribution in [2.45, 2.75) is 40.0 Å². The quantitative estimate of drug-likeness (QED) is 0.492. The van der Waals surface area contributed by atoms with Crippen molar-refractivity contribution in [2.24, 2.45) is 0 Å². The third kappa shape index (κ3) is 5.60. The van der Waals surface area contributed by atoms with E-state index in [9.17, 15) is 0 Å². The Bertz CT molecular complexity index is 652. The van der Waals surface area contributed by atoms with E-state index in [4.69, 9.17) is 9.47 Å². The molecule has 4 heteroatoms. The van der Waals surface area contributed by atoms with Crippen molar-refractivity contribution >= 4 is 5.69 Å². The summed E-state index contributed by atoms with van der Waals surface area (Å²) in [7, 11) is 1.76. The van der Waals surface area contributed by atoms with Crippen LogP contribution < -0.4 is 15.0 Å². The summed E-state index contributed by atoms with van der Waals surface area (Å²) in [5, 5.41) is 3.44. The number of allylic oxidation sites excluding steroid dienone is 4. The Hall–Kier alpha value is -1.78. The van der Waals surface area contributed by atoms with Crippen LogP contribution in [-0.4, -0.2) is 46.5 Å². The highest BCUT2D eigenvalue weighted by Crippen LogP contribution is 2.43. The summed E-state index contributed by atoms with van der Waals surface area (Å²) in [5.41, 5.74) is 5.40. The van der Waals surface area contributed by atoms with Gasteiger partial charge in [-0.05, 0) is 56.1 Å². The average Bonchev–Trinajstić information content (AvgIpc) is 2.67. The number of rotatable bonds is 10. The Balaban J connectivity index is 2.48. The number of hydrogen-bond acceptors (Lipinski definition) is 4. The van der Waals surface area contributed by atoms with Gasteiger partial charge in [-0.25, -0.2) is 0 Å². The van der Waals surface area contributed by atoms with E-state index in [1.165, 1.54) is 22.4 Å². The molecule has 1 unspecified atom stereocenters. The monoisotopic (exact) mass is 372 g/mol. The van der Waals surface area contributed by atoms with Crippen molar-refractivity contribution in [2.75, 3.05) is 51.4 Å². The lowest BCUT2D eigenvalue weighted by Crippen LogP contribution is -2.36. The smallest absolute Gasteiger partial charge is 0.143 e. The lowest BCUT2D eigenvalue weighted by atomic mass is 9.88. The maximum Gasteiger partial charge on any atom is 0.143 e. The van der Waals surface area contributed by atoms with Gasteiger partial charge in [0, 0.05) is 19.6 Å². The van der Waals surface area contributed by atoms with Gasteiger partial charge in [0.25, 0.3) is 0 Å². The number of methoxy groups -OCH3 is 1. The van der Waals surface area contributed by atoms with Crippen LogP contribution in [0, 0.1) is 6.92 Å². The molecule has 27 heavy (non-hydrogen) atoms. The number of nitrogens with one attached hydrogen (secondary N) is 1. The molecule has 0 fully saturated rings. The van der Waals surface area contributed by atoms with Gasteiger partial charge in [-0.2, -0.15) is 0 Å². The van der Waals surface area contributed by atoms with Crippen molar-refractivity contribution in [1.82, 2.24) is 5.32 Å². The van der Waals surface area contributed by atoms with E-state index in [1.807, 2.05) is 6.92 Å². The molecule has 1 aliphatic rings. The van der Waals surface area contributed by atoms with E-state index < -0.39 is 0 Å². The van der Waals surface area contributed by atoms with Gasteiger partial charge in [0.05, 0.1) is 18.8 Å². The van der Waals surface area contributed by atoms with Crippen LogP contribution in [0.1, 0.15) is 43.4 Å². The van der Waals surface area contributed by atoms with Gasteiger partial charge in [-0.15, -0.1) is 0 Å². The third-order valence-electron chi connectivity index (χ3n) is 5.16. The second-order valence-corrected chi connectivity index (χ2v) is 7.05. The first-order chi connectivity index (χ1) is 13.1. The van der Waals surface area contributed by atoms with Crippen LogP contribution in [0.4, 0.5) is 5.69 Å². The molecule has 0 saturated heterocycles. The number of fused-ring (bicyclic) bond motifs is 1. The topological polar surface area (TPSA) is 33.7 Å². The van der Waals surface area contributed by atoms with Crippen molar-refractivity contribution in [3.05, 3.63) is 47.1 Å². The van der Waals surface area contributed by atoms with E-state index in [0.29, 0.717) is 5.92 Å². The summed E-state index contributed by atoms with van der Waals surface area (Å²) in [6.07, 6.45) is 9.59. The van der Waals surface area contributed by atoms with Crippen molar-refractivity contribution < 1.29 is 9.47 Å². The number of anilines is 1. The lowest BCUT2D eigenvalue weighted by molar-refractivity contribution is 0.201. The zero-order valence-electron chi connectivity index (χ0n) is 17.7. The fourth-order valence-corrected chi connectivity index (χ4v) is 3.71. The molecule has 1 aromatic rings. The van der Waals surface area contributed by atoms with Gasteiger partial charge >= 0.3 is 0 Å². The first-order valence-electron chi connectivity index (χ1n) is 10.2. The minimum Gasteiger partial charge on any atom is -0.490 e. The standard InChI is InChI=1S/C23H36N2O2/c1-6-8-9-10-18(3)22-19(4)20(11-12-24-7-2)17-21-23(22)25(13-15-26-5)14-16-27-21/h6,8-10,17-18,24H,7,11-16H2,1-5H3/b8-6-,10-9-. The first kappa shape index (κ1) is 21.5. The SMILES string of the molecule is C/C=C\C=C/C(C)c1c(C)c(CCNCC)cc2c1N(CCOC)CCO2. The van der Waals surface area contributed by atoms with E-state index in [-0.39, 0.29) is 0 Å². The van der Waals surface area contributed by atoms with Gasteiger partial charge < -0.3 is 19.7 Å². The molecule has 150 valence electrons. The van der Waals surface area contributed by atoms with Gasteiger partial charge in [-0.3, -0.25) is 0 Å². The van der Waals surface area contributed by atoms with Crippen LogP contribution in [0.2, 0.25) is 0 Å². The molecule has 0 spiro atoms. The zero-order valence-corrected chi connectivity index (χ0v) is 17.7. The molecule has 0 amide bonds. The van der Waals surface area contributed by atoms with E-state index in [1.54, 1.807) is 7.11 Å². The van der Waals surface area contributed by atoms with E-state index >= 15 is 0 Å². The Kier molecular flexibility index (Phi) is 8.89. The molecule has 4 nitrogen and oxygen atoms in total. The minimum absolute atomic E-state index is 0.320. The average molecular weight is 373 g/mol. The Morgan fingerprint density at radius 1 is 1.37 bits per heavy atom. The molecule has 1 heterocycles. The van der Waals surface area contributed by atoms with Crippen molar-refractivity contribution in [3.8, 4) is 5.75 Å². The predicted molar refractivity (Wildman–Crippen MR) is 115 cm³/mol. The number of ether oxygens (including phenoxy) is 2. The molecule has 1 aromatic carbocycles. The first-order valence-corrected chi connectivity index (χ1v) is 10.2. The van der Waals surface area contributed by atoms with E-state index in [2.05, 4.69) is 61.4 Å². The fourth-order valence-electron chi connectivity index (χ4n) is 3.71. The summed E-state index contributed by atoms with van der Waals surface area (Å²) < 4.78 is 11.5. The van der Waals surface area contributed by atoms with Crippen LogP contribution in [0.15, 0.2) is 30.4 Å². The summed E-state index contributed by atoms with van der Waals surface area (Å²) in [4.78, 5) is 2.43. The van der Waals surface area contributed by atoms with Crippen LogP contribution >= 0.6 is 0 Å². The molecule has 1 aliphatic heterocycles. The van der Waals surface area contributed by atoms with Gasteiger partial charge in [-0.1, -0.05) is 38.2 Å². The largest absolute Gasteiger partial charge is 0.490 e. The zero-order chi connectivity index (χ0) is 19.6. The lowest BCUT2D eigenvalue weighted by Gasteiger charge is -2.35. The molecule has 0 aromatic heterocycles. The molecule has 2 rings (SSSR count). The number of likely N-dealkylation sites (N-methyl/N-ethyl adjacent to an activating group) is 1. The van der Waals surface area contributed by atoms with Crippen LogP contribution in [0.3, 0.4) is 0 Å².